The Bertz CT molecular complexity index is 519. The van der Waals surface area contributed by atoms with Crippen LogP contribution in [0, 0.1) is 0 Å². The molecular formula is C17H29Cl2OSiZr. The molecule has 22 heavy (non-hydrogen) atoms. The van der Waals surface area contributed by atoms with Crippen LogP contribution in [-0.4, -0.2) is 15.8 Å². The molecule has 0 aromatic rings. The molecule has 1 nitrogen and oxygen atoms in total. The molecule has 0 saturated heterocycles. The second kappa shape index (κ2) is 9.08. The van der Waals surface area contributed by atoms with Crippen molar-refractivity contribution in [3.8, 4) is 0 Å². The molecule has 0 heterocycles. The van der Waals surface area contributed by atoms with Gasteiger partial charge in [-0.05, 0) is 0 Å². The van der Waals surface area contributed by atoms with Crippen molar-refractivity contribution < 1.29 is 24.2 Å². The summed E-state index contributed by atoms with van der Waals surface area (Å²) in [5.74, 6) is 0. The molecule has 2 aliphatic rings. The molecule has 0 radical (unpaired) electrons. The summed E-state index contributed by atoms with van der Waals surface area (Å²) in [5.41, 5.74) is 0. The zero-order valence-electron chi connectivity index (χ0n) is 14.3. The van der Waals surface area contributed by atoms with Crippen LogP contribution in [0.25, 0.3) is 0 Å². The molecule has 0 saturated carbocycles. The number of hydrogen-bond donors (Lipinski definition) is 0. The minimum atomic E-state index is -2.74. The molecule has 1 atom stereocenters. The van der Waals surface area contributed by atoms with Gasteiger partial charge in [0.2, 0.25) is 0 Å². The van der Waals surface area contributed by atoms with Gasteiger partial charge < -0.3 is 0 Å². The van der Waals surface area contributed by atoms with Crippen LogP contribution in [0.5, 0.6) is 0 Å². The molecule has 0 aromatic heterocycles. The Labute approximate surface area is 153 Å². The second-order valence-electron chi connectivity index (χ2n) is 6.68. The third-order valence-corrected chi connectivity index (χ3v) is 18.6. The zero-order valence-corrected chi connectivity index (χ0v) is 19.3. The van der Waals surface area contributed by atoms with Crippen molar-refractivity contribution in [1.29, 1.82) is 0 Å². The molecule has 5 heteroatoms. The van der Waals surface area contributed by atoms with Crippen molar-refractivity contribution in [3.63, 3.8) is 0 Å². The van der Waals surface area contributed by atoms with Crippen LogP contribution >= 0.6 is 24.8 Å². The van der Waals surface area contributed by atoms with Crippen molar-refractivity contribution in [1.82, 2.24) is 0 Å². The first-order valence-electron chi connectivity index (χ1n) is 7.61. The fourth-order valence-electron chi connectivity index (χ4n) is 3.47. The Hall–Kier alpha value is 0.470. The van der Waals surface area contributed by atoms with Crippen molar-refractivity contribution in [3.05, 3.63) is 43.0 Å². The van der Waals surface area contributed by atoms with Crippen molar-refractivity contribution in [2.75, 3.05) is 0 Å². The van der Waals surface area contributed by atoms with Gasteiger partial charge in [-0.15, -0.1) is 24.8 Å². The van der Waals surface area contributed by atoms with E-state index in [2.05, 4.69) is 73.7 Å². The molecule has 0 bridgehead atoms. The quantitative estimate of drug-likeness (QED) is 0.500. The van der Waals surface area contributed by atoms with Gasteiger partial charge in [0.1, 0.15) is 0 Å². The topological polar surface area (TPSA) is 9.23 Å². The van der Waals surface area contributed by atoms with E-state index in [-0.39, 0.29) is 24.8 Å². The molecular weight excluding hydrogens is 410 g/mol. The van der Waals surface area contributed by atoms with Crippen molar-refractivity contribution in [2.24, 2.45) is 0 Å². The van der Waals surface area contributed by atoms with E-state index in [4.69, 9.17) is 4.43 Å². The summed E-state index contributed by atoms with van der Waals surface area (Å²) in [6, 6.07) is 0. The predicted molar refractivity (Wildman–Crippen MR) is 104 cm³/mol. The number of hydrogen-bond acceptors (Lipinski definition) is 1. The van der Waals surface area contributed by atoms with Crippen LogP contribution in [0.2, 0.25) is 19.6 Å². The first-order chi connectivity index (χ1) is 9.40. The van der Waals surface area contributed by atoms with E-state index in [1.54, 1.807) is 6.56 Å². The summed E-state index contributed by atoms with van der Waals surface area (Å²) in [6.45, 7) is 11.5. The van der Waals surface area contributed by atoms with Crippen molar-refractivity contribution >= 4 is 36.8 Å². The average Bonchev–Trinajstić information content (AvgIpc) is 3.00. The van der Waals surface area contributed by atoms with E-state index in [0.717, 1.165) is 12.8 Å². The van der Waals surface area contributed by atoms with Gasteiger partial charge in [0.05, 0.1) is 0 Å². The van der Waals surface area contributed by atoms with Gasteiger partial charge in [0, 0.05) is 0 Å². The first-order valence-corrected chi connectivity index (χ1v) is 16.3. The molecule has 2 aliphatic carbocycles. The van der Waals surface area contributed by atoms with Gasteiger partial charge in [0.25, 0.3) is 0 Å². The molecule has 2 rings (SSSR count). The van der Waals surface area contributed by atoms with E-state index in [1.807, 2.05) is 0 Å². The first kappa shape index (κ1) is 22.5. The maximum Gasteiger partial charge on any atom is -0.147 e. The SMILES string of the molecule is C[CH]=[Zr]([C]1=CC=CC1)([C]1=CC=CC1)[CH](C)O[Si](C)(C)C.Cl.Cl. The maximum atomic E-state index is 6.58. The summed E-state index contributed by atoms with van der Waals surface area (Å²) in [7, 11) is -1.51. The van der Waals surface area contributed by atoms with Gasteiger partial charge in [-0.25, -0.2) is 0 Å². The molecule has 0 fully saturated rings. The molecule has 125 valence electrons. The molecule has 0 aliphatic heterocycles. The van der Waals surface area contributed by atoms with E-state index >= 15 is 0 Å². The van der Waals surface area contributed by atoms with Crippen LogP contribution in [-0.2, 0) is 24.2 Å². The van der Waals surface area contributed by atoms with Gasteiger partial charge >= 0.3 is 129 Å². The normalized spacial score (nSPS) is 18.2. The molecule has 0 N–H and O–H groups in total. The van der Waals surface area contributed by atoms with Crippen LogP contribution in [0.4, 0.5) is 0 Å². The smallest absolute Gasteiger partial charge is 0.147 e. The summed E-state index contributed by atoms with van der Waals surface area (Å²) in [4.78, 5) is 0. The average molecular weight is 440 g/mol. The van der Waals surface area contributed by atoms with E-state index < -0.39 is 28.1 Å². The number of allylic oxidation sites excluding steroid dienone is 8. The van der Waals surface area contributed by atoms with Gasteiger partial charge in [0.15, 0.2) is 0 Å². The zero-order chi connectivity index (χ0) is 14.8. The van der Waals surface area contributed by atoms with E-state index in [1.165, 1.54) is 0 Å². The van der Waals surface area contributed by atoms with Crippen LogP contribution < -0.4 is 0 Å². The molecule has 1 unspecified atom stereocenters. The Balaban J connectivity index is 0.00000220. The third kappa shape index (κ3) is 4.74. The number of halogens is 2. The fraction of sp³-hybridized carbons (Fsp3) is 0.471. The van der Waals surface area contributed by atoms with E-state index in [9.17, 15) is 0 Å². The second-order valence-corrected chi connectivity index (χ2v) is 22.0. The Morgan fingerprint density at radius 2 is 1.50 bits per heavy atom. The maximum absolute atomic E-state index is 6.58. The van der Waals surface area contributed by atoms with Gasteiger partial charge in [-0.3, -0.25) is 0 Å². The molecule has 0 amide bonds. The van der Waals surface area contributed by atoms with Crippen LogP contribution in [0.15, 0.2) is 43.0 Å². The van der Waals surface area contributed by atoms with Gasteiger partial charge in [-0.2, -0.15) is 0 Å². The van der Waals surface area contributed by atoms with Crippen LogP contribution in [0.3, 0.4) is 0 Å². The summed E-state index contributed by atoms with van der Waals surface area (Å²) < 4.78 is 12.9. The largest absolute Gasteiger partial charge is 0.147 e. The fourth-order valence-corrected chi connectivity index (χ4v) is 19.3. The molecule has 0 spiro atoms. The van der Waals surface area contributed by atoms with Crippen LogP contribution in [0.1, 0.15) is 26.7 Å². The summed E-state index contributed by atoms with van der Waals surface area (Å²) in [6.07, 6.45) is 16.1. The monoisotopic (exact) mass is 437 g/mol. The van der Waals surface area contributed by atoms with E-state index in [0.29, 0.717) is 3.81 Å². The third-order valence-electron chi connectivity index (χ3n) is 4.23. The van der Waals surface area contributed by atoms with Gasteiger partial charge in [-0.1, -0.05) is 0 Å². The number of rotatable bonds is 5. The minimum Gasteiger partial charge on any atom is -0.147 e. The summed E-state index contributed by atoms with van der Waals surface area (Å²) in [5, 5.41) is 0. The Morgan fingerprint density at radius 1 is 1.05 bits per heavy atom. The Morgan fingerprint density at radius 3 is 1.77 bits per heavy atom. The summed E-state index contributed by atoms with van der Waals surface area (Å²) >= 11 is -2.74. The van der Waals surface area contributed by atoms with Crippen molar-refractivity contribution in [2.45, 2.75) is 50.1 Å². The molecule has 0 aromatic carbocycles. The minimum absolute atomic E-state index is 0. The standard InChI is InChI=1S/C5H13OSi.2C5H5.C2H4.2ClH.Zr/c1-5-6-7(2,3)4;2*1-2-4-5-3-1;1-2;;;/h5H,1-4H3;2*1-3H,4H2;1H,2H3;2*1H;. The Kier molecular flexibility index (Phi) is 9.28. The predicted octanol–water partition coefficient (Wildman–Crippen LogP) is 5.69.